The van der Waals surface area contributed by atoms with E-state index in [0.717, 1.165) is 0 Å². The van der Waals surface area contributed by atoms with Gasteiger partial charge in [0.2, 0.25) is 0 Å². The molecule has 2 rings (SSSR count). The van der Waals surface area contributed by atoms with Crippen LogP contribution in [0.15, 0.2) is 24.3 Å². The molecule has 5 heteroatoms. The third kappa shape index (κ3) is 2.84. The fourth-order valence-corrected chi connectivity index (χ4v) is 2.17. The molecule has 0 bridgehead atoms. The van der Waals surface area contributed by atoms with Crippen LogP contribution in [-0.2, 0) is 6.42 Å². The van der Waals surface area contributed by atoms with Crippen LogP contribution >= 0.6 is 11.6 Å². The normalized spacial score (nSPS) is 11.0. The lowest BCUT2D eigenvalue weighted by molar-refractivity contribution is 0.112. The van der Waals surface area contributed by atoms with Crippen molar-refractivity contribution in [2.24, 2.45) is 5.92 Å². The van der Waals surface area contributed by atoms with E-state index in [2.05, 4.69) is 5.10 Å². The van der Waals surface area contributed by atoms with Crippen LogP contribution in [0.25, 0.3) is 5.69 Å². The molecule has 0 atom stereocenters. The molecule has 0 aliphatic rings. The van der Waals surface area contributed by atoms with E-state index in [4.69, 9.17) is 11.6 Å². The highest BCUT2D eigenvalue weighted by Crippen LogP contribution is 2.24. The fourth-order valence-electron chi connectivity index (χ4n) is 1.88. The largest absolute Gasteiger partial charge is 0.298 e. The fraction of sp³-hybridized carbons (Fsp3) is 0.286. The molecule has 2 aromatic rings. The monoisotopic (exact) mass is 280 g/mol. The number of nitrogens with zero attached hydrogens (tertiary/aromatic N) is 2. The quantitative estimate of drug-likeness (QED) is 0.801. The Hall–Kier alpha value is -1.68. The van der Waals surface area contributed by atoms with Crippen molar-refractivity contribution >= 4 is 17.9 Å². The topological polar surface area (TPSA) is 34.9 Å². The number of rotatable bonds is 4. The van der Waals surface area contributed by atoms with Crippen LogP contribution in [0.2, 0.25) is 5.15 Å². The molecule has 0 aliphatic heterocycles. The molecule has 0 aliphatic carbocycles. The third-order valence-corrected chi connectivity index (χ3v) is 3.08. The summed E-state index contributed by atoms with van der Waals surface area (Å²) >= 11 is 6.15. The minimum absolute atomic E-state index is 0.219. The number of halogens is 2. The summed E-state index contributed by atoms with van der Waals surface area (Å²) in [4.78, 5) is 11.1. The lowest BCUT2D eigenvalue weighted by Crippen LogP contribution is -2.00. The molecule has 0 spiro atoms. The molecule has 0 unspecified atom stereocenters. The van der Waals surface area contributed by atoms with Crippen LogP contribution in [0, 0.1) is 11.7 Å². The van der Waals surface area contributed by atoms with Gasteiger partial charge in [-0.15, -0.1) is 0 Å². The maximum atomic E-state index is 13.2. The van der Waals surface area contributed by atoms with Gasteiger partial charge in [0.15, 0.2) is 6.29 Å². The van der Waals surface area contributed by atoms with Crippen LogP contribution in [0.1, 0.15) is 29.9 Å². The Labute approximate surface area is 116 Å². The first-order valence-corrected chi connectivity index (χ1v) is 6.39. The highest BCUT2D eigenvalue weighted by Gasteiger charge is 2.17. The first-order chi connectivity index (χ1) is 9.02. The van der Waals surface area contributed by atoms with Gasteiger partial charge in [0.25, 0.3) is 0 Å². The number of hydrogen-bond donors (Lipinski definition) is 0. The molecule has 0 saturated heterocycles. The summed E-state index contributed by atoms with van der Waals surface area (Å²) in [5, 5.41) is 4.54. The number of carbonyl (C=O) groups excluding carboxylic acids is 1. The summed E-state index contributed by atoms with van der Waals surface area (Å²) in [5.74, 6) is -0.0206. The van der Waals surface area contributed by atoms with Crippen molar-refractivity contribution < 1.29 is 9.18 Å². The van der Waals surface area contributed by atoms with Gasteiger partial charge in [-0.2, -0.15) is 5.10 Å². The van der Waals surface area contributed by atoms with Gasteiger partial charge in [0.1, 0.15) is 11.0 Å². The highest BCUT2D eigenvalue weighted by atomic mass is 35.5. The van der Waals surface area contributed by atoms with Crippen LogP contribution < -0.4 is 0 Å². The van der Waals surface area contributed by atoms with Crippen LogP contribution in [0.3, 0.4) is 0 Å². The van der Waals surface area contributed by atoms with Gasteiger partial charge in [-0.3, -0.25) is 4.79 Å². The summed E-state index contributed by atoms with van der Waals surface area (Å²) in [6.07, 6.45) is 1.35. The first-order valence-electron chi connectivity index (χ1n) is 6.01. The van der Waals surface area contributed by atoms with Crippen molar-refractivity contribution in [3.8, 4) is 5.69 Å². The lowest BCUT2D eigenvalue weighted by atomic mass is 10.1. The van der Waals surface area contributed by atoms with Crippen LogP contribution in [0.5, 0.6) is 0 Å². The Bertz CT molecular complexity index is 607. The molecule has 1 heterocycles. The average molecular weight is 281 g/mol. The van der Waals surface area contributed by atoms with Crippen LogP contribution in [-0.4, -0.2) is 16.1 Å². The smallest absolute Gasteiger partial charge is 0.155 e. The van der Waals surface area contributed by atoms with E-state index in [0.29, 0.717) is 35.6 Å². The molecule has 100 valence electrons. The molecule has 3 nitrogen and oxygen atoms in total. The molecule has 0 N–H and O–H groups in total. The molecule has 0 fully saturated rings. The summed E-state index contributed by atoms with van der Waals surface area (Å²) in [6.45, 7) is 4.06. The van der Waals surface area contributed by atoms with Crippen LogP contribution in [0.4, 0.5) is 4.39 Å². The third-order valence-electron chi connectivity index (χ3n) is 2.71. The van der Waals surface area contributed by atoms with Crippen molar-refractivity contribution in [2.75, 3.05) is 0 Å². The minimum Gasteiger partial charge on any atom is -0.298 e. The zero-order chi connectivity index (χ0) is 14.0. The summed E-state index contributed by atoms with van der Waals surface area (Å²) < 4.78 is 14.6. The van der Waals surface area contributed by atoms with Crippen molar-refractivity contribution in [3.05, 3.63) is 46.5 Å². The van der Waals surface area contributed by atoms with E-state index in [1.165, 1.54) is 16.8 Å². The molecule has 0 saturated carbocycles. The number of aldehydes is 1. The standard InChI is InChI=1S/C14H14ClFN2O/c1-9(2)6-13-12(8-19)14(15)18(17-13)11-5-3-4-10(16)7-11/h3-5,7-9H,6H2,1-2H3. The van der Waals surface area contributed by atoms with Gasteiger partial charge in [-0.05, 0) is 30.5 Å². The van der Waals surface area contributed by atoms with E-state index in [-0.39, 0.29) is 11.0 Å². The van der Waals surface area contributed by atoms with Crippen molar-refractivity contribution in [1.29, 1.82) is 0 Å². The number of carbonyl (C=O) groups is 1. The second-order valence-corrected chi connectivity index (χ2v) is 5.12. The van der Waals surface area contributed by atoms with E-state index < -0.39 is 0 Å². The number of benzene rings is 1. The van der Waals surface area contributed by atoms with E-state index in [9.17, 15) is 9.18 Å². The second kappa shape index (κ2) is 5.53. The van der Waals surface area contributed by atoms with E-state index in [1.807, 2.05) is 13.8 Å². The molecule has 0 amide bonds. The van der Waals surface area contributed by atoms with Crippen molar-refractivity contribution in [2.45, 2.75) is 20.3 Å². The zero-order valence-electron chi connectivity index (χ0n) is 10.7. The SMILES string of the molecule is CC(C)Cc1nn(-c2cccc(F)c2)c(Cl)c1C=O. The van der Waals surface area contributed by atoms with Gasteiger partial charge in [-0.1, -0.05) is 31.5 Å². The molecular weight excluding hydrogens is 267 g/mol. The maximum absolute atomic E-state index is 13.2. The Morgan fingerprint density at radius 2 is 2.21 bits per heavy atom. The average Bonchev–Trinajstić information content (AvgIpc) is 2.65. The van der Waals surface area contributed by atoms with E-state index in [1.54, 1.807) is 12.1 Å². The Morgan fingerprint density at radius 3 is 2.79 bits per heavy atom. The molecule has 1 aromatic carbocycles. The van der Waals surface area contributed by atoms with Gasteiger partial charge < -0.3 is 0 Å². The molecule has 0 radical (unpaired) electrons. The van der Waals surface area contributed by atoms with E-state index >= 15 is 0 Å². The van der Waals surface area contributed by atoms with Gasteiger partial charge in [0, 0.05) is 0 Å². The van der Waals surface area contributed by atoms with Gasteiger partial charge in [0.05, 0.1) is 16.9 Å². The molecule has 1 aromatic heterocycles. The summed E-state index contributed by atoms with van der Waals surface area (Å²) in [7, 11) is 0. The Kier molecular flexibility index (Phi) is 4.00. The zero-order valence-corrected chi connectivity index (χ0v) is 11.5. The predicted molar refractivity (Wildman–Crippen MR) is 72.5 cm³/mol. The summed E-state index contributed by atoms with van der Waals surface area (Å²) in [5.41, 5.74) is 1.52. The number of hydrogen-bond acceptors (Lipinski definition) is 2. The molecule has 19 heavy (non-hydrogen) atoms. The first kappa shape index (κ1) is 13.7. The second-order valence-electron chi connectivity index (χ2n) is 4.76. The Balaban J connectivity index is 2.52. The van der Waals surface area contributed by atoms with Gasteiger partial charge in [-0.25, -0.2) is 9.07 Å². The maximum Gasteiger partial charge on any atom is 0.155 e. The number of aromatic nitrogens is 2. The Morgan fingerprint density at radius 1 is 1.47 bits per heavy atom. The molecular formula is C14H14ClFN2O. The predicted octanol–water partition coefficient (Wildman–Crippen LogP) is 3.68. The lowest BCUT2D eigenvalue weighted by Gasteiger charge is -2.03. The van der Waals surface area contributed by atoms with Gasteiger partial charge >= 0.3 is 0 Å². The van der Waals surface area contributed by atoms with Crippen molar-refractivity contribution in [3.63, 3.8) is 0 Å². The minimum atomic E-state index is -0.373. The summed E-state index contributed by atoms with van der Waals surface area (Å²) in [6, 6.07) is 5.93. The van der Waals surface area contributed by atoms with Crippen molar-refractivity contribution in [1.82, 2.24) is 9.78 Å². The highest BCUT2D eigenvalue weighted by molar-refractivity contribution is 6.32.